The van der Waals surface area contributed by atoms with Crippen molar-refractivity contribution in [1.82, 2.24) is 10.2 Å². The lowest BCUT2D eigenvalue weighted by Gasteiger charge is -2.29. The van der Waals surface area contributed by atoms with Crippen LogP contribution in [0.2, 0.25) is 0 Å². The largest absolute Gasteiger partial charge is 0.320 e. The van der Waals surface area contributed by atoms with Crippen molar-refractivity contribution < 1.29 is 0 Å². The molecule has 2 rings (SSSR count). The summed E-state index contributed by atoms with van der Waals surface area (Å²) in [5, 5.41) is 3.26. The van der Waals surface area contributed by atoms with Gasteiger partial charge in [0.05, 0.1) is 0 Å². The van der Waals surface area contributed by atoms with E-state index in [0.717, 1.165) is 24.4 Å². The summed E-state index contributed by atoms with van der Waals surface area (Å²) in [5.74, 6) is 2.08. The molecule has 1 unspecified atom stereocenters. The summed E-state index contributed by atoms with van der Waals surface area (Å²) >= 11 is 0. The fraction of sp³-hybridized carbons (Fsp3) is 1.00. The summed E-state index contributed by atoms with van der Waals surface area (Å²) in [6, 6.07) is 0.777. The second-order valence-corrected chi connectivity index (χ2v) is 5.58. The highest BCUT2D eigenvalue weighted by atomic mass is 15.2. The van der Waals surface area contributed by atoms with Crippen molar-refractivity contribution in [1.29, 1.82) is 0 Å². The van der Waals surface area contributed by atoms with Gasteiger partial charge in [-0.2, -0.15) is 0 Å². The summed E-state index contributed by atoms with van der Waals surface area (Å²) in [5.41, 5.74) is 0. The van der Waals surface area contributed by atoms with Crippen LogP contribution in [-0.4, -0.2) is 37.6 Å². The van der Waals surface area contributed by atoms with E-state index in [1.165, 1.54) is 45.2 Å². The molecule has 1 N–H and O–H groups in total. The molecule has 0 saturated heterocycles. The first kappa shape index (κ1) is 11.4. The van der Waals surface area contributed by atoms with Crippen molar-refractivity contribution in [3.05, 3.63) is 0 Å². The molecule has 2 saturated carbocycles. The van der Waals surface area contributed by atoms with Gasteiger partial charge in [-0.25, -0.2) is 0 Å². The Hall–Kier alpha value is -0.0800. The predicted molar refractivity (Wildman–Crippen MR) is 65.0 cm³/mol. The molecule has 0 radical (unpaired) electrons. The third-order valence-corrected chi connectivity index (χ3v) is 3.81. The van der Waals surface area contributed by atoms with E-state index in [9.17, 15) is 0 Å². The number of nitrogens with one attached hydrogen (secondary N) is 1. The highest BCUT2D eigenvalue weighted by molar-refractivity contribution is 4.84. The highest BCUT2D eigenvalue weighted by Gasteiger charge is 2.30. The van der Waals surface area contributed by atoms with Crippen molar-refractivity contribution >= 4 is 0 Å². The number of rotatable bonds is 8. The Morgan fingerprint density at radius 3 is 2.07 bits per heavy atom. The molecule has 2 heteroatoms. The first-order valence-electron chi connectivity index (χ1n) is 6.68. The van der Waals surface area contributed by atoms with Gasteiger partial charge in [-0.15, -0.1) is 0 Å². The van der Waals surface area contributed by atoms with Crippen LogP contribution < -0.4 is 5.32 Å². The monoisotopic (exact) mass is 210 g/mol. The third-order valence-electron chi connectivity index (χ3n) is 3.81. The quantitative estimate of drug-likeness (QED) is 0.660. The summed E-state index contributed by atoms with van der Waals surface area (Å²) < 4.78 is 0. The third kappa shape index (κ3) is 4.12. The van der Waals surface area contributed by atoms with Crippen LogP contribution in [-0.2, 0) is 0 Å². The average molecular weight is 210 g/mol. The van der Waals surface area contributed by atoms with Gasteiger partial charge >= 0.3 is 0 Å². The first-order valence-corrected chi connectivity index (χ1v) is 6.68. The van der Waals surface area contributed by atoms with Gasteiger partial charge in [0.15, 0.2) is 0 Å². The molecule has 0 aliphatic heterocycles. The molecule has 0 heterocycles. The Kier molecular flexibility index (Phi) is 4.04. The minimum Gasteiger partial charge on any atom is -0.320 e. The van der Waals surface area contributed by atoms with Crippen molar-refractivity contribution in [3.8, 4) is 0 Å². The molecule has 1 atom stereocenters. The van der Waals surface area contributed by atoms with E-state index in [0.29, 0.717) is 0 Å². The van der Waals surface area contributed by atoms with Gasteiger partial charge in [0, 0.05) is 19.1 Å². The number of nitrogens with zero attached hydrogens (tertiary/aromatic N) is 1. The molecule has 0 spiro atoms. The molecule has 0 aromatic carbocycles. The lowest BCUT2D eigenvalue weighted by molar-refractivity contribution is 0.183. The van der Waals surface area contributed by atoms with Gasteiger partial charge in [0.1, 0.15) is 0 Å². The average Bonchev–Trinajstić information content (AvgIpc) is 3.06. The maximum Gasteiger partial charge on any atom is 0.00792 e. The Bertz CT molecular complexity index is 171. The molecule has 2 aliphatic rings. The summed E-state index contributed by atoms with van der Waals surface area (Å²) in [7, 11) is 2.05. The van der Waals surface area contributed by atoms with Gasteiger partial charge in [-0.3, -0.25) is 0 Å². The van der Waals surface area contributed by atoms with E-state index in [2.05, 4.69) is 24.2 Å². The second kappa shape index (κ2) is 5.31. The summed E-state index contributed by atoms with van der Waals surface area (Å²) in [6.45, 7) is 6.32. The zero-order chi connectivity index (χ0) is 10.7. The van der Waals surface area contributed by atoms with Crippen LogP contribution in [0, 0.1) is 11.8 Å². The SMILES string of the molecule is CNCCC(C)N(CC1CC1)CC1CC1. The minimum atomic E-state index is 0.777. The van der Waals surface area contributed by atoms with E-state index in [4.69, 9.17) is 0 Å². The van der Waals surface area contributed by atoms with Crippen LogP contribution in [0.3, 0.4) is 0 Å². The normalized spacial score (nSPS) is 23.4. The molecule has 2 nitrogen and oxygen atoms in total. The Morgan fingerprint density at radius 1 is 1.13 bits per heavy atom. The lowest BCUT2D eigenvalue weighted by Crippen LogP contribution is -2.38. The van der Waals surface area contributed by atoms with E-state index >= 15 is 0 Å². The molecule has 0 aromatic heterocycles. The van der Waals surface area contributed by atoms with Gasteiger partial charge in [0.2, 0.25) is 0 Å². The van der Waals surface area contributed by atoms with Crippen molar-refractivity contribution in [2.24, 2.45) is 11.8 Å². The van der Waals surface area contributed by atoms with Crippen LogP contribution >= 0.6 is 0 Å². The molecule has 0 aromatic rings. The van der Waals surface area contributed by atoms with Gasteiger partial charge in [-0.05, 0) is 64.5 Å². The van der Waals surface area contributed by atoms with E-state index < -0.39 is 0 Å². The van der Waals surface area contributed by atoms with Crippen molar-refractivity contribution in [2.75, 3.05) is 26.7 Å². The maximum absolute atomic E-state index is 3.26. The zero-order valence-corrected chi connectivity index (χ0v) is 10.3. The lowest BCUT2D eigenvalue weighted by atomic mass is 10.1. The van der Waals surface area contributed by atoms with E-state index in [1.807, 2.05) is 0 Å². The fourth-order valence-corrected chi connectivity index (χ4v) is 2.23. The molecule has 2 aliphatic carbocycles. The molecule has 2 fully saturated rings. The Labute approximate surface area is 94.4 Å². The summed E-state index contributed by atoms with van der Waals surface area (Å²) in [4.78, 5) is 2.76. The van der Waals surface area contributed by atoms with E-state index in [-0.39, 0.29) is 0 Å². The zero-order valence-electron chi connectivity index (χ0n) is 10.3. The van der Waals surface area contributed by atoms with Gasteiger partial charge < -0.3 is 10.2 Å². The topological polar surface area (TPSA) is 15.3 Å². The maximum atomic E-state index is 3.26. The molecule has 0 amide bonds. The second-order valence-electron chi connectivity index (χ2n) is 5.58. The molecular formula is C13H26N2. The van der Waals surface area contributed by atoms with Crippen LogP contribution in [0.15, 0.2) is 0 Å². The molecule has 15 heavy (non-hydrogen) atoms. The fourth-order valence-electron chi connectivity index (χ4n) is 2.23. The molecule has 0 bridgehead atoms. The number of hydrogen-bond acceptors (Lipinski definition) is 2. The van der Waals surface area contributed by atoms with Crippen LogP contribution in [0.4, 0.5) is 0 Å². The van der Waals surface area contributed by atoms with Crippen LogP contribution in [0.25, 0.3) is 0 Å². The van der Waals surface area contributed by atoms with Crippen molar-refractivity contribution in [3.63, 3.8) is 0 Å². The first-order chi connectivity index (χ1) is 7.29. The number of hydrogen-bond donors (Lipinski definition) is 1. The highest BCUT2D eigenvalue weighted by Crippen LogP contribution is 2.34. The van der Waals surface area contributed by atoms with Gasteiger partial charge in [-0.1, -0.05) is 0 Å². The predicted octanol–water partition coefficient (Wildman–Crippen LogP) is 2.11. The van der Waals surface area contributed by atoms with Crippen LogP contribution in [0.1, 0.15) is 39.0 Å². The Morgan fingerprint density at radius 2 is 1.67 bits per heavy atom. The minimum absolute atomic E-state index is 0.777. The van der Waals surface area contributed by atoms with Crippen LogP contribution in [0.5, 0.6) is 0 Å². The van der Waals surface area contributed by atoms with Gasteiger partial charge in [0.25, 0.3) is 0 Å². The summed E-state index contributed by atoms with van der Waals surface area (Å²) in [6.07, 6.45) is 7.25. The molecule has 88 valence electrons. The van der Waals surface area contributed by atoms with E-state index in [1.54, 1.807) is 0 Å². The Balaban J connectivity index is 1.72. The molecular weight excluding hydrogens is 184 g/mol. The van der Waals surface area contributed by atoms with Crippen molar-refractivity contribution in [2.45, 2.75) is 45.1 Å². The standard InChI is InChI=1S/C13H26N2/c1-11(7-8-14-2)15(9-12-3-4-12)10-13-5-6-13/h11-14H,3-10H2,1-2H3. The smallest absolute Gasteiger partial charge is 0.00792 e.